The molecule has 0 saturated carbocycles. The van der Waals surface area contributed by atoms with Crippen molar-refractivity contribution in [2.75, 3.05) is 25.0 Å². The van der Waals surface area contributed by atoms with Crippen molar-refractivity contribution in [3.63, 3.8) is 0 Å². The molecular weight excluding hydrogens is 373 g/mol. The number of rotatable bonds is 6. The number of amides is 1. The van der Waals surface area contributed by atoms with E-state index in [1.165, 1.54) is 12.3 Å². The number of nitrogens with zero attached hydrogens (tertiary/aromatic N) is 2. The summed E-state index contributed by atoms with van der Waals surface area (Å²) in [6.45, 7) is -1.61. The van der Waals surface area contributed by atoms with Crippen molar-refractivity contribution in [1.82, 2.24) is 10.3 Å². The Bertz CT molecular complexity index is 657. The van der Waals surface area contributed by atoms with Crippen molar-refractivity contribution in [2.45, 2.75) is 5.92 Å². The predicted molar refractivity (Wildman–Crippen MR) is 99.6 cm³/mol. The van der Waals surface area contributed by atoms with Gasteiger partial charge >= 0.3 is 0 Å². The smallest absolute Gasteiger partial charge is 0.277 e. The lowest BCUT2D eigenvalue weighted by molar-refractivity contribution is 0.0118. The minimum Gasteiger partial charge on any atom is -0.346 e. The molecule has 138 valence electrons. The maximum atomic E-state index is 13.0. The van der Waals surface area contributed by atoms with E-state index in [9.17, 15) is 13.6 Å². The van der Waals surface area contributed by atoms with E-state index in [4.69, 9.17) is 5.73 Å². The molecule has 0 bridgehead atoms. The predicted octanol–water partition coefficient (Wildman–Crippen LogP) is 3.02. The first-order valence-corrected chi connectivity index (χ1v) is 7.04. The van der Waals surface area contributed by atoms with Gasteiger partial charge < -0.3 is 16.0 Å². The lowest BCUT2D eigenvalue weighted by Crippen LogP contribution is -2.41. The Balaban J connectivity index is 0.00000288. The first kappa shape index (κ1) is 23.0. The van der Waals surface area contributed by atoms with E-state index in [1.807, 2.05) is 42.3 Å². The topological polar surface area (TPSA) is 71.2 Å². The number of nitrogens with two attached hydrogens (primary N) is 1. The number of para-hydroxylation sites is 1. The highest BCUT2D eigenvalue weighted by atomic mass is 35.5. The van der Waals surface area contributed by atoms with Crippen molar-refractivity contribution in [3.8, 4) is 0 Å². The molecule has 0 aliphatic carbocycles. The van der Waals surface area contributed by atoms with Gasteiger partial charge in [-0.1, -0.05) is 18.2 Å². The summed E-state index contributed by atoms with van der Waals surface area (Å²) in [5.41, 5.74) is 6.08. The van der Waals surface area contributed by atoms with Gasteiger partial charge in [-0.25, -0.2) is 13.8 Å². The first-order chi connectivity index (χ1) is 10.9. The van der Waals surface area contributed by atoms with Crippen molar-refractivity contribution < 1.29 is 13.6 Å². The van der Waals surface area contributed by atoms with Crippen LogP contribution in [0.15, 0.2) is 48.7 Å². The highest BCUT2D eigenvalue weighted by Crippen LogP contribution is 2.20. The zero-order chi connectivity index (χ0) is 16.9. The fourth-order valence-corrected chi connectivity index (χ4v) is 1.89. The number of hydrogen-bond donors (Lipinski definition) is 2. The monoisotopic (exact) mass is 392 g/mol. The quantitative estimate of drug-likeness (QED) is 0.792. The second-order valence-electron chi connectivity index (χ2n) is 5.04. The molecule has 9 heteroatoms. The van der Waals surface area contributed by atoms with Crippen LogP contribution in [0.4, 0.5) is 20.3 Å². The molecule has 0 unspecified atom stereocenters. The zero-order valence-corrected chi connectivity index (χ0v) is 15.1. The van der Waals surface area contributed by atoms with Crippen LogP contribution < -0.4 is 16.0 Å². The van der Waals surface area contributed by atoms with Crippen LogP contribution in [0, 0.1) is 0 Å². The average molecular weight is 393 g/mol. The highest BCUT2D eigenvalue weighted by Gasteiger charge is 2.27. The summed E-state index contributed by atoms with van der Waals surface area (Å²) in [5.74, 6) is -3.09. The molecule has 5 nitrogen and oxygen atoms in total. The molecule has 1 aromatic heterocycles. The molecule has 0 atom stereocenters. The van der Waals surface area contributed by atoms with Crippen molar-refractivity contribution in [1.29, 1.82) is 0 Å². The highest BCUT2D eigenvalue weighted by molar-refractivity contribution is 5.94. The third-order valence-electron chi connectivity index (χ3n) is 3.30. The van der Waals surface area contributed by atoms with E-state index in [-0.39, 0.29) is 30.4 Å². The van der Waals surface area contributed by atoms with Gasteiger partial charge in [0.05, 0.1) is 18.7 Å². The van der Waals surface area contributed by atoms with E-state index in [1.54, 1.807) is 6.07 Å². The number of hydrogen-bond acceptors (Lipinski definition) is 4. The molecule has 25 heavy (non-hydrogen) atoms. The molecule has 0 radical (unpaired) electrons. The largest absolute Gasteiger partial charge is 0.346 e. The number of pyridine rings is 1. The van der Waals surface area contributed by atoms with Gasteiger partial charge in [0.25, 0.3) is 11.8 Å². The molecular formula is C16H20Cl2F2N4O. The molecule has 0 aliphatic heterocycles. The molecule has 1 aromatic carbocycles. The van der Waals surface area contributed by atoms with Gasteiger partial charge in [0, 0.05) is 18.9 Å². The molecule has 0 aliphatic rings. The third kappa shape index (κ3) is 6.45. The second kappa shape index (κ2) is 10.1. The van der Waals surface area contributed by atoms with E-state index < -0.39 is 24.9 Å². The Hall–Kier alpha value is -1.96. The lowest BCUT2D eigenvalue weighted by Gasteiger charge is -2.18. The number of benzene rings is 1. The van der Waals surface area contributed by atoms with E-state index in [0.717, 1.165) is 5.69 Å². The molecule has 2 rings (SSSR count). The van der Waals surface area contributed by atoms with Crippen molar-refractivity contribution in [3.05, 3.63) is 54.2 Å². The Morgan fingerprint density at radius 2 is 1.84 bits per heavy atom. The summed E-state index contributed by atoms with van der Waals surface area (Å²) in [4.78, 5) is 17.9. The van der Waals surface area contributed by atoms with Gasteiger partial charge in [-0.3, -0.25) is 4.79 Å². The SMILES string of the molecule is CN(c1ccccc1)c1ccc(C(=O)NCC(F)(F)CN)cn1.Cl.Cl. The number of aromatic nitrogens is 1. The van der Waals surface area contributed by atoms with E-state index >= 15 is 0 Å². The Labute approximate surface area is 157 Å². The van der Waals surface area contributed by atoms with Crippen LogP contribution in [0.2, 0.25) is 0 Å². The fraction of sp³-hybridized carbons (Fsp3) is 0.250. The number of carbonyl (C=O) groups excluding carboxylic acids is 1. The summed E-state index contributed by atoms with van der Waals surface area (Å²) in [7, 11) is 1.85. The van der Waals surface area contributed by atoms with Gasteiger partial charge in [-0.05, 0) is 24.3 Å². The van der Waals surface area contributed by atoms with Gasteiger partial charge in [0.2, 0.25) is 0 Å². The Kier molecular flexibility index (Phi) is 9.33. The Morgan fingerprint density at radius 3 is 2.36 bits per heavy atom. The van der Waals surface area contributed by atoms with Crippen LogP contribution in [0.3, 0.4) is 0 Å². The van der Waals surface area contributed by atoms with Gasteiger partial charge in [-0.2, -0.15) is 0 Å². The first-order valence-electron chi connectivity index (χ1n) is 7.04. The molecule has 1 amide bonds. The molecule has 3 N–H and O–H groups in total. The maximum absolute atomic E-state index is 13.0. The van der Waals surface area contributed by atoms with Crippen molar-refractivity contribution in [2.24, 2.45) is 5.73 Å². The van der Waals surface area contributed by atoms with Crippen molar-refractivity contribution >= 4 is 42.2 Å². The number of halogens is 4. The summed E-state index contributed by atoms with van der Waals surface area (Å²) in [5, 5.41) is 2.15. The second-order valence-corrected chi connectivity index (χ2v) is 5.04. The van der Waals surface area contributed by atoms with Gasteiger partial charge in [-0.15, -0.1) is 24.8 Å². The minimum atomic E-state index is -3.11. The van der Waals surface area contributed by atoms with Crippen LogP contribution in [0.1, 0.15) is 10.4 Å². The van der Waals surface area contributed by atoms with Crippen LogP contribution in [-0.2, 0) is 0 Å². The summed E-state index contributed by atoms with van der Waals surface area (Å²) in [6, 6.07) is 12.8. The third-order valence-corrected chi connectivity index (χ3v) is 3.30. The minimum absolute atomic E-state index is 0. The molecule has 2 aromatic rings. The van der Waals surface area contributed by atoms with Crippen LogP contribution >= 0.6 is 24.8 Å². The van der Waals surface area contributed by atoms with E-state index in [2.05, 4.69) is 10.3 Å². The fourth-order valence-electron chi connectivity index (χ4n) is 1.89. The molecule has 0 fully saturated rings. The van der Waals surface area contributed by atoms with Gasteiger partial charge in [0.15, 0.2) is 0 Å². The summed E-state index contributed by atoms with van der Waals surface area (Å²) in [6.07, 6.45) is 1.35. The summed E-state index contributed by atoms with van der Waals surface area (Å²) < 4.78 is 26.0. The average Bonchev–Trinajstić information content (AvgIpc) is 2.60. The zero-order valence-electron chi connectivity index (χ0n) is 13.5. The maximum Gasteiger partial charge on any atom is 0.277 e. The lowest BCUT2D eigenvalue weighted by atomic mass is 10.2. The van der Waals surface area contributed by atoms with Crippen LogP contribution in [0.25, 0.3) is 0 Å². The number of nitrogens with one attached hydrogen (secondary N) is 1. The standard InChI is InChI=1S/C16H18F2N4O.2ClH/c1-22(13-5-3-2-4-6-13)14-8-7-12(9-20-14)15(23)21-11-16(17,18)10-19;;/h2-9H,10-11,19H2,1H3,(H,21,23);2*1H. The van der Waals surface area contributed by atoms with E-state index in [0.29, 0.717) is 5.82 Å². The van der Waals surface area contributed by atoms with Gasteiger partial charge in [0.1, 0.15) is 5.82 Å². The molecule has 0 saturated heterocycles. The Morgan fingerprint density at radius 1 is 1.20 bits per heavy atom. The summed E-state index contributed by atoms with van der Waals surface area (Å²) >= 11 is 0. The van der Waals surface area contributed by atoms with Crippen LogP contribution in [-0.4, -0.2) is 37.0 Å². The van der Waals surface area contributed by atoms with Crippen LogP contribution in [0.5, 0.6) is 0 Å². The normalized spacial score (nSPS) is 10.2. The number of anilines is 2. The number of alkyl halides is 2. The molecule has 1 heterocycles. The number of carbonyl (C=O) groups is 1. The molecule has 0 spiro atoms.